The molecule has 0 radical (unpaired) electrons. The molecule has 8 heteroatoms. The molecule has 1 amide bonds. The van der Waals surface area contributed by atoms with Gasteiger partial charge < -0.3 is 15.4 Å². The first kappa shape index (κ1) is 18.0. The van der Waals surface area contributed by atoms with Crippen LogP contribution in [0.5, 0.6) is 0 Å². The summed E-state index contributed by atoms with van der Waals surface area (Å²) in [6.07, 6.45) is 0. The lowest BCUT2D eigenvalue weighted by Gasteiger charge is -2.10. The number of esters is 1. The number of methoxy groups -OCH3 is 1. The predicted octanol–water partition coefficient (Wildman–Crippen LogP) is 3.40. The molecule has 3 rings (SSSR count). The Bertz CT molecular complexity index is 977. The van der Waals surface area contributed by atoms with Crippen LogP contribution in [0.2, 0.25) is 0 Å². The molecular weight excluding hydrogens is 351 g/mol. The van der Waals surface area contributed by atoms with E-state index in [1.54, 1.807) is 30.3 Å². The van der Waals surface area contributed by atoms with Crippen molar-refractivity contribution >= 4 is 29.2 Å². The molecule has 0 aliphatic rings. The summed E-state index contributed by atoms with van der Waals surface area (Å²) in [5, 5.41) is 13.4. The third-order valence-electron chi connectivity index (χ3n) is 3.59. The summed E-state index contributed by atoms with van der Waals surface area (Å²) in [6.45, 7) is 0. The average molecular weight is 366 g/mol. The zero-order valence-electron chi connectivity index (χ0n) is 14.3. The largest absolute Gasteiger partial charge is 0.465 e. The van der Waals surface area contributed by atoms with Crippen molar-refractivity contribution in [2.45, 2.75) is 0 Å². The van der Waals surface area contributed by atoms with Crippen LogP contribution in [0.25, 0.3) is 0 Å². The summed E-state index contributed by atoms with van der Waals surface area (Å²) in [5.41, 5.74) is 1.03. The van der Waals surface area contributed by atoms with Crippen LogP contribution in [-0.2, 0) is 4.74 Å². The number of aromatic nitrogens is 2. The molecular formula is C19H15FN4O3. The number of nitrogens with one attached hydrogen (secondary N) is 2. The maximum Gasteiger partial charge on any atom is 0.339 e. The standard InChI is InChI=1S/C19H15FN4O3/c1-27-19(26)14-7-2-3-8-15(14)21-16-9-10-17(24-23-16)22-18(25)12-5-4-6-13(20)11-12/h2-11H,1H3,(H,21,23)(H,22,24,25). The van der Waals surface area contributed by atoms with Gasteiger partial charge in [0.15, 0.2) is 11.6 Å². The van der Waals surface area contributed by atoms with Crippen molar-refractivity contribution in [1.29, 1.82) is 0 Å². The summed E-state index contributed by atoms with van der Waals surface area (Å²) in [5.74, 6) is -0.908. The fourth-order valence-electron chi connectivity index (χ4n) is 2.30. The topological polar surface area (TPSA) is 93.2 Å². The molecule has 2 N–H and O–H groups in total. The second kappa shape index (κ2) is 8.05. The molecule has 7 nitrogen and oxygen atoms in total. The molecule has 0 spiro atoms. The molecule has 0 atom stereocenters. The Morgan fingerprint density at radius 3 is 2.41 bits per heavy atom. The predicted molar refractivity (Wildman–Crippen MR) is 97.4 cm³/mol. The van der Waals surface area contributed by atoms with Gasteiger partial charge in [-0.15, -0.1) is 10.2 Å². The lowest BCUT2D eigenvalue weighted by atomic mass is 10.2. The van der Waals surface area contributed by atoms with Gasteiger partial charge in [-0.05, 0) is 42.5 Å². The summed E-state index contributed by atoms with van der Waals surface area (Å²) in [7, 11) is 1.30. The molecule has 0 saturated heterocycles. The Kier molecular flexibility index (Phi) is 5.36. The van der Waals surface area contributed by atoms with E-state index in [1.165, 1.54) is 31.4 Å². The van der Waals surface area contributed by atoms with E-state index in [2.05, 4.69) is 20.8 Å². The molecule has 0 fully saturated rings. The highest BCUT2D eigenvalue weighted by Gasteiger charge is 2.12. The summed E-state index contributed by atoms with van der Waals surface area (Å²) >= 11 is 0. The van der Waals surface area contributed by atoms with Gasteiger partial charge in [-0.25, -0.2) is 9.18 Å². The quantitative estimate of drug-likeness (QED) is 0.672. The molecule has 1 heterocycles. The molecule has 3 aromatic rings. The number of ether oxygens (including phenoxy) is 1. The fraction of sp³-hybridized carbons (Fsp3) is 0.0526. The van der Waals surface area contributed by atoms with E-state index in [0.717, 1.165) is 6.07 Å². The van der Waals surface area contributed by atoms with E-state index in [1.807, 2.05) is 0 Å². The molecule has 0 bridgehead atoms. The number of anilines is 3. The van der Waals surface area contributed by atoms with Crippen LogP contribution in [-0.4, -0.2) is 29.2 Å². The number of hydrogen-bond acceptors (Lipinski definition) is 6. The van der Waals surface area contributed by atoms with Gasteiger partial charge in [0.1, 0.15) is 5.82 Å². The van der Waals surface area contributed by atoms with Gasteiger partial charge >= 0.3 is 5.97 Å². The first-order valence-electron chi connectivity index (χ1n) is 7.92. The Morgan fingerprint density at radius 2 is 1.70 bits per heavy atom. The molecule has 1 aromatic heterocycles. The monoisotopic (exact) mass is 366 g/mol. The van der Waals surface area contributed by atoms with Crippen molar-refractivity contribution in [3.8, 4) is 0 Å². The van der Waals surface area contributed by atoms with Gasteiger partial charge in [0.05, 0.1) is 18.4 Å². The van der Waals surface area contributed by atoms with Gasteiger partial charge in [-0.2, -0.15) is 0 Å². The van der Waals surface area contributed by atoms with Gasteiger partial charge in [0.25, 0.3) is 5.91 Å². The van der Waals surface area contributed by atoms with Gasteiger partial charge in [0, 0.05) is 5.56 Å². The number of carbonyl (C=O) groups is 2. The summed E-state index contributed by atoms with van der Waals surface area (Å²) < 4.78 is 17.9. The van der Waals surface area contributed by atoms with Crippen LogP contribution in [0, 0.1) is 5.82 Å². The molecule has 136 valence electrons. The SMILES string of the molecule is COC(=O)c1ccccc1Nc1ccc(NC(=O)c2cccc(F)c2)nn1. The number of carbonyl (C=O) groups excluding carboxylic acids is 2. The van der Waals surface area contributed by atoms with Crippen molar-refractivity contribution in [2.24, 2.45) is 0 Å². The van der Waals surface area contributed by atoms with Crippen LogP contribution in [0.4, 0.5) is 21.7 Å². The minimum absolute atomic E-state index is 0.172. The highest BCUT2D eigenvalue weighted by Crippen LogP contribution is 2.20. The first-order chi connectivity index (χ1) is 13.1. The van der Waals surface area contributed by atoms with Gasteiger partial charge in [-0.3, -0.25) is 4.79 Å². The summed E-state index contributed by atoms with van der Waals surface area (Å²) in [6, 6.07) is 15.2. The third kappa shape index (κ3) is 4.43. The van der Waals surface area contributed by atoms with E-state index < -0.39 is 17.7 Å². The van der Waals surface area contributed by atoms with Crippen molar-refractivity contribution < 1.29 is 18.7 Å². The number of amides is 1. The zero-order valence-corrected chi connectivity index (χ0v) is 14.3. The molecule has 27 heavy (non-hydrogen) atoms. The maximum absolute atomic E-state index is 13.2. The third-order valence-corrected chi connectivity index (χ3v) is 3.59. The van der Waals surface area contributed by atoms with E-state index >= 15 is 0 Å². The second-order valence-electron chi connectivity index (χ2n) is 5.43. The van der Waals surface area contributed by atoms with Crippen LogP contribution in [0.3, 0.4) is 0 Å². The van der Waals surface area contributed by atoms with Crippen LogP contribution >= 0.6 is 0 Å². The minimum atomic E-state index is -0.502. The van der Waals surface area contributed by atoms with E-state index in [9.17, 15) is 14.0 Å². The van der Waals surface area contributed by atoms with E-state index in [0.29, 0.717) is 17.1 Å². The van der Waals surface area contributed by atoms with Gasteiger partial charge in [-0.1, -0.05) is 18.2 Å². The number of nitrogens with zero attached hydrogens (tertiary/aromatic N) is 2. The highest BCUT2D eigenvalue weighted by atomic mass is 19.1. The molecule has 0 aliphatic heterocycles. The molecule has 0 saturated carbocycles. The van der Waals surface area contributed by atoms with Crippen molar-refractivity contribution in [3.05, 3.63) is 77.6 Å². The normalized spacial score (nSPS) is 10.1. The number of para-hydroxylation sites is 1. The molecule has 0 unspecified atom stereocenters. The smallest absolute Gasteiger partial charge is 0.339 e. The lowest BCUT2D eigenvalue weighted by molar-refractivity contribution is 0.0601. The summed E-state index contributed by atoms with van der Waals surface area (Å²) in [4.78, 5) is 23.9. The lowest BCUT2D eigenvalue weighted by Crippen LogP contribution is -2.13. The Morgan fingerprint density at radius 1 is 0.963 bits per heavy atom. The van der Waals surface area contributed by atoms with Crippen LogP contribution in [0.1, 0.15) is 20.7 Å². The van der Waals surface area contributed by atoms with Crippen LogP contribution in [0.15, 0.2) is 60.7 Å². The Hall–Kier alpha value is -3.81. The van der Waals surface area contributed by atoms with E-state index in [4.69, 9.17) is 4.74 Å². The molecule has 2 aromatic carbocycles. The number of rotatable bonds is 5. The van der Waals surface area contributed by atoms with Crippen LogP contribution < -0.4 is 10.6 Å². The second-order valence-corrected chi connectivity index (χ2v) is 5.43. The van der Waals surface area contributed by atoms with E-state index in [-0.39, 0.29) is 11.4 Å². The number of hydrogen-bond donors (Lipinski definition) is 2. The fourth-order valence-corrected chi connectivity index (χ4v) is 2.30. The number of benzene rings is 2. The van der Waals surface area contributed by atoms with Crippen molar-refractivity contribution in [2.75, 3.05) is 17.7 Å². The highest BCUT2D eigenvalue weighted by molar-refractivity contribution is 6.03. The van der Waals surface area contributed by atoms with Crippen molar-refractivity contribution in [1.82, 2.24) is 10.2 Å². The maximum atomic E-state index is 13.2. The Labute approximate surface area is 154 Å². The number of halogens is 1. The van der Waals surface area contributed by atoms with Gasteiger partial charge in [0.2, 0.25) is 0 Å². The average Bonchev–Trinajstić information content (AvgIpc) is 2.69. The minimum Gasteiger partial charge on any atom is -0.465 e. The Balaban J connectivity index is 1.71. The zero-order chi connectivity index (χ0) is 19.2. The molecule has 0 aliphatic carbocycles. The first-order valence-corrected chi connectivity index (χ1v) is 7.92. The van der Waals surface area contributed by atoms with Crippen molar-refractivity contribution in [3.63, 3.8) is 0 Å².